The van der Waals surface area contributed by atoms with E-state index in [-0.39, 0.29) is 17.5 Å². The zero-order valence-electron chi connectivity index (χ0n) is 7.79. The van der Waals surface area contributed by atoms with Gasteiger partial charge in [0.05, 0.1) is 0 Å². The van der Waals surface area contributed by atoms with Crippen molar-refractivity contribution in [1.82, 2.24) is 0 Å². The van der Waals surface area contributed by atoms with Crippen molar-refractivity contribution in [2.45, 2.75) is 12.8 Å². The molecule has 0 aliphatic heterocycles. The lowest BCUT2D eigenvalue weighted by atomic mass is 9.83. The van der Waals surface area contributed by atoms with E-state index < -0.39 is 0 Å². The Bertz CT molecular complexity index is 376. The molecule has 0 saturated carbocycles. The molecule has 1 aliphatic carbocycles. The molecule has 1 atom stereocenters. The van der Waals surface area contributed by atoms with E-state index in [1.165, 1.54) is 6.07 Å². The largest absolute Gasteiger partial charge is 0.330 e. The molecule has 0 bridgehead atoms. The molecule has 3 heteroatoms. The third kappa shape index (κ3) is 1.44. The molecule has 1 unspecified atom stereocenters. The minimum absolute atomic E-state index is 0.0150. The van der Waals surface area contributed by atoms with Crippen LogP contribution >= 0.6 is 0 Å². The number of carbonyl (C=O) groups is 1. The van der Waals surface area contributed by atoms with Crippen LogP contribution < -0.4 is 5.73 Å². The maximum absolute atomic E-state index is 13.4. The van der Waals surface area contributed by atoms with Gasteiger partial charge in [0, 0.05) is 12.0 Å². The molecule has 0 aromatic heterocycles. The van der Waals surface area contributed by atoms with Crippen LogP contribution in [-0.4, -0.2) is 12.3 Å². The Labute approximate surface area is 81.9 Å². The Morgan fingerprint density at radius 1 is 1.43 bits per heavy atom. The number of fused-ring (bicyclic) bond motifs is 1. The standard InChI is InChI=1S/C11H12FNO/c12-10-3-1-2-8-9(10)4-7(6-13)5-11(8)14/h1-3,7H,4-6,13H2. The summed E-state index contributed by atoms with van der Waals surface area (Å²) in [6, 6.07) is 4.66. The van der Waals surface area contributed by atoms with Crippen LogP contribution in [0, 0.1) is 11.7 Å². The molecule has 0 radical (unpaired) electrons. The highest BCUT2D eigenvalue weighted by Crippen LogP contribution is 2.26. The van der Waals surface area contributed by atoms with Crippen LogP contribution in [0.5, 0.6) is 0 Å². The maximum Gasteiger partial charge on any atom is 0.163 e. The van der Waals surface area contributed by atoms with E-state index in [4.69, 9.17) is 5.73 Å². The van der Waals surface area contributed by atoms with Crippen LogP contribution in [0.4, 0.5) is 4.39 Å². The molecule has 0 heterocycles. The van der Waals surface area contributed by atoms with Crippen molar-refractivity contribution in [3.63, 3.8) is 0 Å². The van der Waals surface area contributed by atoms with Gasteiger partial charge in [-0.25, -0.2) is 4.39 Å². The van der Waals surface area contributed by atoms with E-state index in [9.17, 15) is 9.18 Å². The molecule has 0 spiro atoms. The van der Waals surface area contributed by atoms with Gasteiger partial charge in [-0.3, -0.25) is 4.79 Å². The number of Topliss-reactive ketones (excluding diaryl/α,β-unsaturated/α-hetero) is 1. The van der Waals surface area contributed by atoms with Gasteiger partial charge in [0.2, 0.25) is 0 Å². The number of nitrogens with two attached hydrogens (primary N) is 1. The summed E-state index contributed by atoms with van der Waals surface area (Å²) in [4.78, 5) is 11.6. The number of halogens is 1. The average Bonchev–Trinajstić information content (AvgIpc) is 2.19. The first kappa shape index (κ1) is 9.34. The molecule has 74 valence electrons. The molecule has 0 amide bonds. The van der Waals surface area contributed by atoms with Gasteiger partial charge in [-0.15, -0.1) is 0 Å². The van der Waals surface area contributed by atoms with Gasteiger partial charge in [-0.05, 0) is 30.5 Å². The number of hydrogen-bond donors (Lipinski definition) is 1. The molecular formula is C11H12FNO. The predicted octanol–water partition coefficient (Wildman–Crippen LogP) is 1.53. The van der Waals surface area contributed by atoms with E-state index in [1.807, 2.05) is 0 Å². The summed E-state index contributed by atoms with van der Waals surface area (Å²) in [6.45, 7) is 0.444. The van der Waals surface area contributed by atoms with Crippen molar-refractivity contribution in [2.24, 2.45) is 11.7 Å². The second-order valence-corrected chi connectivity index (χ2v) is 3.70. The van der Waals surface area contributed by atoms with E-state index >= 15 is 0 Å². The summed E-state index contributed by atoms with van der Waals surface area (Å²) in [5.41, 5.74) is 6.58. The lowest BCUT2D eigenvalue weighted by Crippen LogP contribution is -2.26. The first-order valence-corrected chi connectivity index (χ1v) is 4.73. The summed E-state index contributed by atoms with van der Waals surface area (Å²) < 4.78 is 13.4. The lowest BCUT2D eigenvalue weighted by molar-refractivity contribution is 0.0949. The van der Waals surface area contributed by atoms with Crippen LogP contribution in [0.15, 0.2) is 18.2 Å². The Morgan fingerprint density at radius 2 is 2.21 bits per heavy atom. The van der Waals surface area contributed by atoms with E-state index in [2.05, 4.69) is 0 Å². The number of benzene rings is 1. The molecule has 1 aromatic rings. The van der Waals surface area contributed by atoms with Gasteiger partial charge in [0.25, 0.3) is 0 Å². The van der Waals surface area contributed by atoms with Crippen molar-refractivity contribution in [3.8, 4) is 0 Å². The van der Waals surface area contributed by atoms with Gasteiger partial charge in [0.15, 0.2) is 5.78 Å². The topological polar surface area (TPSA) is 43.1 Å². The van der Waals surface area contributed by atoms with E-state index in [1.54, 1.807) is 12.1 Å². The van der Waals surface area contributed by atoms with Crippen LogP contribution in [0.1, 0.15) is 22.3 Å². The highest BCUT2D eigenvalue weighted by molar-refractivity contribution is 5.98. The quantitative estimate of drug-likeness (QED) is 0.735. The van der Waals surface area contributed by atoms with Crippen LogP contribution in [0.25, 0.3) is 0 Å². The van der Waals surface area contributed by atoms with Crippen molar-refractivity contribution >= 4 is 5.78 Å². The molecule has 1 aliphatic rings. The van der Waals surface area contributed by atoms with Gasteiger partial charge >= 0.3 is 0 Å². The monoisotopic (exact) mass is 193 g/mol. The zero-order chi connectivity index (χ0) is 10.1. The fourth-order valence-electron chi connectivity index (χ4n) is 1.93. The Balaban J connectivity index is 2.45. The van der Waals surface area contributed by atoms with Gasteiger partial charge in [-0.1, -0.05) is 12.1 Å². The normalized spacial score (nSPS) is 20.7. The van der Waals surface area contributed by atoms with E-state index in [0.29, 0.717) is 30.5 Å². The summed E-state index contributed by atoms with van der Waals surface area (Å²) in [7, 11) is 0. The van der Waals surface area contributed by atoms with Gasteiger partial charge in [-0.2, -0.15) is 0 Å². The summed E-state index contributed by atoms with van der Waals surface area (Å²) in [5, 5.41) is 0. The molecule has 0 fully saturated rings. The number of carbonyl (C=O) groups excluding carboxylic acids is 1. The Morgan fingerprint density at radius 3 is 2.93 bits per heavy atom. The zero-order valence-corrected chi connectivity index (χ0v) is 7.79. The third-order valence-electron chi connectivity index (χ3n) is 2.72. The van der Waals surface area contributed by atoms with Crippen molar-refractivity contribution in [3.05, 3.63) is 35.1 Å². The molecule has 1 aromatic carbocycles. The first-order chi connectivity index (χ1) is 6.72. The smallest absolute Gasteiger partial charge is 0.163 e. The minimum Gasteiger partial charge on any atom is -0.330 e. The van der Waals surface area contributed by atoms with Crippen molar-refractivity contribution < 1.29 is 9.18 Å². The fraction of sp³-hybridized carbons (Fsp3) is 0.364. The Hall–Kier alpha value is -1.22. The third-order valence-corrected chi connectivity index (χ3v) is 2.72. The number of rotatable bonds is 1. The molecule has 2 N–H and O–H groups in total. The second-order valence-electron chi connectivity index (χ2n) is 3.70. The minimum atomic E-state index is -0.283. The van der Waals surface area contributed by atoms with Crippen molar-refractivity contribution in [1.29, 1.82) is 0 Å². The van der Waals surface area contributed by atoms with Crippen molar-refractivity contribution in [2.75, 3.05) is 6.54 Å². The number of ketones is 1. The average molecular weight is 193 g/mol. The summed E-state index contributed by atoms with van der Waals surface area (Å²) in [6.07, 6.45) is 1.04. The van der Waals surface area contributed by atoms with Crippen LogP contribution in [0.3, 0.4) is 0 Å². The second kappa shape index (κ2) is 3.50. The number of hydrogen-bond acceptors (Lipinski definition) is 2. The lowest BCUT2D eigenvalue weighted by Gasteiger charge is -2.22. The molecular weight excluding hydrogens is 181 g/mol. The maximum atomic E-state index is 13.4. The van der Waals surface area contributed by atoms with Crippen LogP contribution in [-0.2, 0) is 6.42 Å². The summed E-state index contributed by atoms with van der Waals surface area (Å²) >= 11 is 0. The molecule has 0 saturated heterocycles. The van der Waals surface area contributed by atoms with Gasteiger partial charge in [0.1, 0.15) is 5.82 Å². The molecule has 2 rings (SSSR count). The fourth-order valence-corrected chi connectivity index (χ4v) is 1.93. The van der Waals surface area contributed by atoms with Gasteiger partial charge < -0.3 is 5.73 Å². The molecule has 2 nitrogen and oxygen atoms in total. The first-order valence-electron chi connectivity index (χ1n) is 4.73. The SMILES string of the molecule is NCC1CC(=O)c2cccc(F)c2C1. The predicted molar refractivity (Wildman–Crippen MR) is 51.6 cm³/mol. The molecule has 14 heavy (non-hydrogen) atoms. The van der Waals surface area contributed by atoms with Crippen LogP contribution in [0.2, 0.25) is 0 Å². The van der Waals surface area contributed by atoms with E-state index in [0.717, 1.165) is 0 Å². The summed E-state index contributed by atoms with van der Waals surface area (Å²) in [5.74, 6) is -0.165. The Kier molecular flexibility index (Phi) is 2.33. The highest BCUT2D eigenvalue weighted by atomic mass is 19.1. The highest BCUT2D eigenvalue weighted by Gasteiger charge is 2.25.